The number of pyridine rings is 1. The van der Waals surface area contributed by atoms with Crippen molar-refractivity contribution in [1.29, 1.82) is 0 Å². The highest BCUT2D eigenvalue weighted by Gasteiger charge is 2.24. The number of aliphatic hydroxyl groups is 1. The SMILES string of the molecule is CC(C)Cn1c(=O)n(C)c(=O)c2c(Br)c(C(O)c3cccnc3)sc21. The van der Waals surface area contributed by atoms with Gasteiger partial charge >= 0.3 is 5.69 Å². The first-order valence-corrected chi connectivity index (χ1v) is 9.43. The predicted octanol–water partition coefficient (Wildman–Crippen LogP) is 2.66. The molecule has 132 valence electrons. The first-order chi connectivity index (χ1) is 11.8. The molecule has 3 rings (SSSR count). The Morgan fingerprint density at radius 1 is 1.36 bits per heavy atom. The first-order valence-electron chi connectivity index (χ1n) is 7.82. The standard InChI is InChI=1S/C17H18BrN3O3S/c1-9(2)8-21-16-11(15(23)20(3)17(21)24)12(18)14(25-16)13(22)10-5-4-6-19-7-10/h4-7,9,13,22H,8H2,1-3H3. The second kappa shape index (κ2) is 6.86. The zero-order valence-electron chi connectivity index (χ0n) is 14.1. The van der Waals surface area contributed by atoms with Gasteiger partial charge in [0, 0.05) is 36.0 Å². The van der Waals surface area contributed by atoms with E-state index in [1.165, 1.54) is 18.4 Å². The van der Waals surface area contributed by atoms with Crippen LogP contribution in [0.5, 0.6) is 0 Å². The summed E-state index contributed by atoms with van der Waals surface area (Å²) >= 11 is 4.72. The van der Waals surface area contributed by atoms with Crippen LogP contribution in [-0.4, -0.2) is 19.2 Å². The molecule has 0 aliphatic rings. The monoisotopic (exact) mass is 423 g/mol. The zero-order valence-corrected chi connectivity index (χ0v) is 16.5. The largest absolute Gasteiger partial charge is 0.383 e. The van der Waals surface area contributed by atoms with E-state index in [0.29, 0.717) is 31.7 Å². The summed E-state index contributed by atoms with van der Waals surface area (Å²) in [7, 11) is 1.47. The zero-order chi connectivity index (χ0) is 18.3. The summed E-state index contributed by atoms with van der Waals surface area (Å²) in [6.07, 6.45) is 2.29. The van der Waals surface area contributed by atoms with Gasteiger partial charge in [0.2, 0.25) is 0 Å². The number of thiophene rings is 1. The highest BCUT2D eigenvalue weighted by atomic mass is 79.9. The van der Waals surface area contributed by atoms with Gasteiger partial charge in [0.25, 0.3) is 5.56 Å². The van der Waals surface area contributed by atoms with Crippen LogP contribution in [0.25, 0.3) is 10.2 Å². The van der Waals surface area contributed by atoms with Crippen LogP contribution in [0.1, 0.15) is 30.4 Å². The van der Waals surface area contributed by atoms with Gasteiger partial charge in [0.1, 0.15) is 10.9 Å². The molecule has 1 N–H and O–H groups in total. The lowest BCUT2D eigenvalue weighted by molar-refractivity contribution is 0.223. The van der Waals surface area contributed by atoms with E-state index < -0.39 is 6.10 Å². The number of hydrogen-bond acceptors (Lipinski definition) is 5. The van der Waals surface area contributed by atoms with E-state index in [-0.39, 0.29) is 17.2 Å². The molecule has 0 aliphatic heterocycles. The van der Waals surface area contributed by atoms with Gasteiger partial charge in [-0.15, -0.1) is 11.3 Å². The lowest BCUT2D eigenvalue weighted by atomic mass is 10.1. The minimum Gasteiger partial charge on any atom is -0.383 e. The predicted molar refractivity (Wildman–Crippen MR) is 102 cm³/mol. The van der Waals surface area contributed by atoms with E-state index in [1.54, 1.807) is 29.1 Å². The Labute approximate surface area is 156 Å². The number of fused-ring (bicyclic) bond motifs is 1. The minimum absolute atomic E-state index is 0.242. The highest BCUT2D eigenvalue weighted by Crippen LogP contribution is 2.39. The average molecular weight is 424 g/mol. The summed E-state index contributed by atoms with van der Waals surface area (Å²) in [5.41, 5.74) is -0.0838. The van der Waals surface area contributed by atoms with E-state index in [4.69, 9.17) is 0 Å². The van der Waals surface area contributed by atoms with E-state index in [9.17, 15) is 14.7 Å². The van der Waals surface area contributed by atoms with Crippen LogP contribution in [0.4, 0.5) is 0 Å². The Bertz CT molecular complexity index is 1040. The molecule has 0 radical (unpaired) electrons. The van der Waals surface area contributed by atoms with Crippen LogP contribution in [0.15, 0.2) is 38.6 Å². The molecule has 8 heteroatoms. The number of aromatic nitrogens is 3. The Morgan fingerprint density at radius 2 is 2.08 bits per heavy atom. The molecule has 0 saturated carbocycles. The second-order valence-corrected chi connectivity index (χ2v) is 8.12. The van der Waals surface area contributed by atoms with Gasteiger partial charge in [-0.25, -0.2) is 4.79 Å². The van der Waals surface area contributed by atoms with Crippen molar-refractivity contribution < 1.29 is 5.11 Å². The van der Waals surface area contributed by atoms with Crippen molar-refractivity contribution in [3.8, 4) is 0 Å². The van der Waals surface area contributed by atoms with E-state index in [0.717, 1.165) is 4.57 Å². The number of hydrogen-bond donors (Lipinski definition) is 1. The van der Waals surface area contributed by atoms with Crippen LogP contribution in [0, 0.1) is 5.92 Å². The van der Waals surface area contributed by atoms with E-state index in [2.05, 4.69) is 20.9 Å². The molecule has 0 aliphatic carbocycles. The van der Waals surface area contributed by atoms with Crippen LogP contribution >= 0.6 is 27.3 Å². The van der Waals surface area contributed by atoms with E-state index >= 15 is 0 Å². The third kappa shape index (κ3) is 3.09. The number of rotatable bonds is 4. The smallest absolute Gasteiger partial charge is 0.331 e. The van der Waals surface area contributed by atoms with Gasteiger partial charge in [0.15, 0.2) is 0 Å². The van der Waals surface area contributed by atoms with Gasteiger partial charge in [-0.1, -0.05) is 19.9 Å². The number of halogens is 1. The maximum absolute atomic E-state index is 12.6. The third-order valence-corrected chi connectivity index (χ3v) is 6.29. The quantitative estimate of drug-likeness (QED) is 0.699. The molecule has 3 heterocycles. The number of aliphatic hydroxyl groups excluding tert-OH is 1. The minimum atomic E-state index is -0.923. The average Bonchev–Trinajstić information content (AvgIpc) is 2.94. The van der Waals surface area contributed by atoms with Crippen molar-refractivity contribution in [3.63, 3.8) is 0 Å². The van der Waals surface area contributed by atoms with Gasteiger partial charge < -0.3 is 5.11 Å². The van der Waals surface area contributed by atoms with Crippen LogP contribution in [0.3, 0.4) is 0 Å². The van der Waals surface area contributed by atoms with Crippen molar-refractivity contribution in [2.24, 2.45) is 13.0 Å². The normalized spacial score (nSPS) is 12.9. The molecule has 1 unspecified atom stereocenters. The van der Waals surface area contributed by atoms with Crippen molar-refractivity contribution in [2.45, 2.75) is 26.5 Å². The summed E-state index contributed by atoms with van der Waals surface area (Å²) < 4.78 is 3.25. The van der Waals surface area contributed by atoms with Gasteiger partial charge in [-0.05, 0) is 27.9 Å². The Kier molecular flexibility index (Phi) is 4.95. The van der Waals surface area contributed by atoms with Crippen molar-refractivity contribution in [2.75, 3.05) is 0 Å². The molecule has 25 heavy (non-hydrogen) atoms. The van der Waals surface area contributed by atoms with Crippen LogP contribution in [-0.2, 0) is 13.6 Å². The molecule has 0 amide bonds. The first kappa shape index (κ1) is 18.0. The second-order valence-electron chi connectivity index (χ2n) is 6.30. The lowest BCUT2D eigenvalue weighted by Gasteiger charge is -2.11. The molecule has 1 atom stereocenters. The molecule has 0 spiro atoms. The Morgan fingerprint density at radius 3 is 2.68 bits per heavy atom. The maximum atomic E-state index is 12.6. The Hall–Kier alpha value is -1.77. The topological polar surface area (TPSA) is 77.1 Å². The molecular formula is C17H18BrN3O3S. The number of nitrogens with zero attached hydrogens (tertiary/aromatic N) is 3. The summed E-state index contributed by atoms with van der Waals surface area (Å²) in [4.78, 5) is 30.3. The van der Waals surface area contributed by atoms with Gasteiger partial charge in [-0.3, -0.25) is 18.9 Å². The van der Waals surface area contributed by atoms with Crippen molar-refractivity contribution in [3.05, 3.63) is 60.3 Å². The third-order valence-electron chi connectivity index (χ3n) is 3.93. The van der Waals surface area contributed by atoms with Gasteiger partial charge in [0.05, 0.1) is 10.3 Å². The molecule has 0 aromatic carbocycles. The lowest BCUT2D eigenvalue weighted by Crippen LogP contribution is -2.38. The fraction of sp³-hybridized carbons (Fsp3) is 0.353. The molecule has 3 aromatic rings. The maximum Gasteiger partial charge on any atom is 0.331 e. The summed E-state index contributed by atoms with van der Waals surface area (Å²) in [5, 5.41) is 11.1. The molecule has 0 saturated heterocycles. The molecule has 6 nitrogen and oxygen atoms in total. The van der Waals surface area contributed by atoms with Crippen molar-refractivity contribution in [1.82, 2.24) is 14.1 Å². The van der Waals surface area contributed by atoms with Crippen LogP contribution < -0.4 is 11.2 Å². The molecular weight excluding hydrogens is 406 g/mol. The fourth-order valence-corrected chi connectivity index (χ4v) is 4.86. The Balaban J connectivity index is 2.31. The van der Waals surface area contributed by atoms with Crippen molar-refractivity contribution >= 4 is 37.5 Å². The summed E-state index contributed by atoms with van der Waals surface area (Å²) in [5.74, 6) is 0.242. The van der Waals surface area contributed by atoms with Gasteiger partial charge in [-0.2, -0.15) is 0 Å². The highest BCUT2D eigenvalue weighted by molar-refractivity contribution is 9.10. The summed E-state index contributed by atoms with van der Waals surface area (Å²) in [6, 6.07) is 3.52. The summed E-state index contributed by atoms with van der Waals surface area (Å²) in [6.45, 7) is 4.52. The van der Waals surface area contributed by atoms with E-state index in [1.807, 2.05) is 13.8 Å². The molecule has 3 aromatic heterocycles. The molecule has 0 fully saturated rings. The molecule has 0 bridgehead atoms. The fourth-order valence-electron chi connectivity index (χ4n) is 2.71. The van der Waals surface area contributed by atoms with Crippen LogP contribution in [0.2, 0.25) is 0 Å².